The molecule has 1 aromatic rings. The predicted molar refractivity (Wildman–Crippen MR) is 88.5 cm³/mol. The number of β-amino-alcohol motifs (C(OH)–C–C–N with tert-alkyl or cyclic N) is 1. The van der Waals surface area contributed by atoms with Crippen LogP contribution in [0.4, 0.5) is 4.39 Å². The van der Waals surface area contributed by atoms with Gasteiger partial charge in [-0.05, 0) is 43.5 Å². The van der Waals surface area contributed by atoms with Crippen molar-refractivity contribution in [2.45, 2.75) is 31.3 Å². The fourth-order valence-corrected chi connectivity index (χ4v) is 3.33. The molecule has 3 rings (SSSR count). The molecule has 1 aromatic carbocycles. The fourth-order valence-electron chi connectivity index (χ4n) is 3.33. The van der Waals surface area contributed by atoms with Gasteiger partial charge >= 0.3 is 0 Å². The number of hydrogen-bond acceptors (Lipinski definition) is 4. The van der Waals surface area contributed by atoms with Crippen LogP contribution in [0.5, 0.6) is 5.75 Å². The minimum absolute atomic E-state index is 0.0141. The van der Waals surface area contributed by atoms with Crippen molar-refractivity contribution in [1.82, 2.24) is 9.80 Å². The second-order valence-electron chi connectivity index (χ2n) is 6.80. The van der Waals surface area contributed by atoms with E-state index in [2.05, 4.69) is 0 Å². The number of rotatable bonds is 5. The number of aliphatic hydroxyl groups is 1. The number of ether oxygens (including phenoxy) is 1. The molecule has 0 radical (unpaired) electrons. The van der Waals surface area contributed by atoms with Crippen molar-refractivity contribution < 1.29 is 23.8 Å². The van der Waals surface area contributed by atoms with Crippen LogP contribution in [0.25, 0.3) is 0 Å². The van der Waals surface area contributed by atoms with E-state index in [1.807, 2.05) is 0 Å². The van der Waals surface area contributed by atoms with Crippen molar-refractivity contribution in [3.8, 4) is 5.75 Å². The first-order valence-corrected chi connectivity index (χ1v) is 8.61. The summed E-state index contributed by atoms with van der Waals surface area (Å²) in [7, 11) is 0. The molecule has 136 valence electrons. The number of halogens is 1. The largest absolute Gasteiger partial charge is 0.491 e. The van der Waals surface area contributed by atoms with Crippen LogP contribution in [0.15, 0.2) is 24.3 Å². The monoisotopic (exact) mass is 350 g/mol. The van der Waals surface area contributed by atoms with Crippen LogP contribution >= 0.6 is 0 Å². The number of carbonyl (C=O) groups excluding carboxylic acids is 2. The molecule has 7 heteroatoms. The third-order valence-corrected chi connectivity index (χ3v) is 4.73. The van der Waals surface area contributed by atoms with Gasteiger partial charge in [0.25, 0.3) is 0 Å². The SMILES string of the molecule is O=C1CCCN1CC(=O)N1CCCC(O)(COc2ccc(F)cc2)C1. The van der Waals surface area contributed by atoms with Gasteiger partial charge in [0, 0.05) is 19.5 Å². The maximum Gasteiger partial charge on any atom is 0.242 e. The molecular formula is C18H23FN2O4. The Bertz CT molecular complexity index is 636. The molecule has 0 spiro atoms. The zero-order valence-corrected chi connectivity index (χ0v) is 14.1. The number of likely N-dealkylation sites (tertiary alicyclic amines) is 2. The Morgan fingerprint density at radius 1 is 1.24 bits per heavy atom. The highest BCUT2D eigenvalue weighted by molar-refractivity contribution is 5.86. The first-order chi connectivity index (χ1) is 12.0. The normalized spacial score (nSPS) is 23.8. The summed E-state index contributed by atoms with van der Waals surface area (Å²) in [6.07, 6.45) is 2.49. The summed E-state index contributed by atoms with van der Waals surface area (Å²) in [5, 5.41) is 10.7. The Balaban J connectivity index is 1.54. The van der Waals surface area contributed by atoms with E-state index in [1.54, 1.807) is 9.80 Å². The van der Waals surface area contributed by atoms with Crippen molar-refractivity contribution in [3.05, 3.63) is 30.1 Å². The molecule has 2 aliphatic rings. The van der Waals surface area contributed by atoms with E-state index >= 15 is 0 Å². The standard InChI is InChI=1S/C18H23FN2O4/c19-14-4-6-15(7-5-14)25-13-18(24)8-2-10-21(12-18)17(23)11-20-9-1-3-16(20)22/h4-7,24H,1-3,8-13H2. The molecule has 0 saturated carbocycles. The third kappa shape index (κ3) is 4.48. The van der Waals surface area contributed by atoms with Gasteiger partial charge in [0.1, 0.15) is 23.8 Å². The predicted octanol–water partition coefficient (Wildman–Crippen LogP) is 1.18. The third-order valence-electron chi connectivity index (χ3n) is 4.73. The van der Waals surface area contributed by atoms with Crippen LogP contribution in [0, 0.1) is 5.82 Å². The van der Waals surface area contributed by atoms with Gasteiger partial charge in [-0.3, -0.25) is 9.59 Å². The molecule has 2 saturated heterocycles. The van der Waals surface area contributed by atoms with E-state index in [0.29, 0.717) is 38.1 Å². The lowest BCUT2D eigenvalue weighted by molar-refractivity contribution is -0.144. The summed E-state index contributed by atoms with van der Waals surface area (Å²) in [5.41, 5.74) is -1.14. The van der Waals surface area contributed by atoms with E-state index in [9.17, 15) is 19.1 Å². The maximum absolute atomic E-state index is 12.9. The molecule has 0 bridgehead atoms. The second-order valence-corrected chi connectivity index (χ2v) is 6.80. The van der Waals surface area contributed by atoms with E-state index < -0.39 is 5.60 Å². The molecule has 0 aliphatic carbocycles. The lowest BCUT2D eigenvalue weighted by atomic mass is 9.93. The summed E-state index contributed by atoms with van der Waals surface area (Å²) in [6, 6.07) is 5.60. The Kier molecular flexibility index (Phi) is 5.22. The zero-order valence-electron chi connectivity index (χ0n) is 14.1. The van der Waals surface area contributed by atoms with Gasteiger partial charge in [-0.1, -0.05) is 0 Å². The van der Waals surface area contributed by atoms with Gasteiger partial charge in [0.05, 0.1) is 13.1 Å². The molecule has 1 atom stereocenters. The smallest absolute Gasteiger partial charge is 0.242 e. The molecule has 25 heavy (non-hydrogen) atoms. The summed E-state index contributed by atoms with van der Waals surface area (Å²) >= 11 is 0. The van der Waals surface area contributed by atoms with Crippen LogP contribution in [0.1, 0.15) is 25.7 Å². The lowest BCUT2D eigenvalue weighted by Crippen LogP contribution is -2.55. The van der Waals surface area contributed by atoms with Crippen molar-refractivity contribution in [2.75, 3.05) is 32.8 Å². The molecule has 2 fully saturated rings. The number of amides is 2. The minimum atomic E-state index is -1.14. The van der Waals surface area contributed by atoms with Crippen LogP contribution in [0.3, 0.4) is 0 Å². The zero-order chi connectivity index (χ0) is 17.9. The van der Waals surface area contributed by atoms with E-state index in [4.69, 9.17) is 4.74 Å². The fraction of sp³-hybridized carbons (Fsp3) is 0.556. The number of piperidine rings is 1. The Labute approximate surface area is 146 Å². The Morgan fingerprint density at radius 3 is 2.68 bits per heavy atom. The highest BCUT2D eigenvalue weighted by Crippen LogP contribution is 2.23. The molecule has 2 heterocycles. The Hall–Kier alpha value is -2.15. The van der Waals surface area contributed by atoms with Crippen LogP contribution in [0.2, 0.25) is 0 Å². The highest BCUT2D eigenvalue weighted by Gasteiger charge is 2.37. The van der Waals surface area contributed by atoms with Gasteiger partial charge < -0.3 is 19.6 Å². The maximum atomic E-state index is 12.9. The van der Waals surface area contributed by atoms with Crippen molar-refractivity contribution in [2.24, 2.45) is 0 Å². The Morgan fingerprint density at radius 2 is 2.00 bits per heavy atom. The van der Waals surface area contributed by atoms with Crippen LogP contribution < -0.4 is 4.74 Å². The first-order valence-electron chi connectivity index (χ1n) is 8.61. The van der Waals surface area contributed by atoms with Crippen LogP contribution in [-0.2, 0) is 9.59 Å². The van der Waals surface area contributed by atoms with Crippen molar-refractivity contribution >= 4 is 11.8 Å². The van der Waals surface area contributed by atoms with Gasteiger partial charge in [-0.15, -0.1) is 0 Å². The summed E-state index contributed by atoms with van der Waals surface area (Å²) in [4.78, 5) is 27.3. The second kappa shape index (κ2) is 7.39. The minimum Gasteiger partial charge on any atom is -0.491 e. The van der Waals surface area contributed by atoms with E-state index in [-0.39, 0.29) is 37.3 Å². The van der Waals surface area contributed by atoms with Crippen LogP contribution in [-0.4, -0.2) is 65.1 Å². The molecule has 0 aromatic heterocycles. The summed E-state index contributed by atoms with van der Waals surface area (Å²) in [6.45, 7) is 1.48. The molecule has 2 aliphatic heterocycles. The molecule has 6 nitrogen and oxygen atoms in total. The van der Waals surface area contributed by atoms with E-state index in [1.165, 1.54) is 24.3 Å². The molecule has 1 N–H and O–H groups in total. The highest BCUT2D eigenvalue weighted by atomic mass is 19.1. The quantitative estimate of drug-likeness (QED) is 0.866. The average molecular weight is 350 g/mol. The summed E-state index contributed by atoms with van der Waals surface area (Å²) < 4.78 is 18.5. The number of nitrogens with zero attached hydrogens (tertiary/aromatic N) is 2. The van der Waals surface area contributed by atoms with Gasteiger partial charge in [-0.25, -0.2) is 4.39 Å². The lowest BCUT2D eigenvalue weighted by Gasteiger charge is -2.39. The van der Waals surface area contributed by atoms with Crippen molar-refractivity contribution in [1.29, 1.82) is 0 Å². The topological polar surface area (TPSA) is 70.1 Å². The number of hydrogen-bond donors (Lipinski definition) is 1. The van der Waals surface area contributed by atoms with E-state index in [0.717, 1.165) is 6.42 Å². The first kappa shape index (κ1) is 17.7. The molecule has 1 unspecified atom stereocenters. The van der Waals surface area contributed by atoms with Crippen molar-refractivity contribution in [3.63, 3.8) is 0 Å². The molecular weight excluding hydrogens is 327 g/mol. The average Bonchev–Trinajstić information content (AvgIpc) is 2.99. The summed E-state index contributed by atoms with van der Waals surface area (Å²) in [5.74, 6) is -0.00619. The molecule has 2 amide bonds. The van der Waals surface area contributed by atoms with Gasteiger partial charge in [-0.2, -0.15) is 0 Å². The number of carbonyl (C=O) groups is 2. The van der Waals surface area contributed by atoms with Gasteiger partial charge in [0.15, 0.2) is 0 Å². The number of benzene rings is 1. The van der Waals surface area contributed by atoms with Gasteiger partial charge in [0.2, 0.25) is 11.8 Å².